The van der Waals surface area contributed by atoms with Crippen molar-refractivity contribution >= 4 is 41.5 Å². The lowest BCUT2D eigenvalue weighted by atomic mass is 10.1. The molecule has 0 amide bonds. The smallest absolute Gasteiger partial charge is 0.154 e. The van der Waals surface area contributed by atoms with Crippen LogP contribution in [0.5, 0.6) is 0 Å². The zero-order valence-electron chi connectivity index (χ0n) is 14.3. The first-order chi connectivity index (χ1) is 11.8. The fourth-order valence-corrected chi connectivity index (χ4v) is 4.34. The number of hydrogen-bond donors (Lipinski definition) is 1. The number of rotatable bonds is 2. The Morgan fingerprint density at radius 1 is 1.04 bits per heavy atom. The Morgan fingerprint density at radius 3 is 2.56 bits per heavy atom. The van der Waals surface area contributed by atoms with Gasteiger partial charge in [-0.1, -0.05) is 18.2 Å². The van der Waals surface area contributed by atoms with Gasteiger partial charge in [0.2, 0.25) is 0 Å². The summed E-state index contributed by atoms with van der Waals surface area (Å²) in [5, 5.41) is 0.923. The van der Waals surface area contributed by atoms with Gasteiger partial charge in [0.15, 0.2) is 5.82 Å². The van der Waals surface area contributed by atoms with Crippen LogP contribution in [0.1, 0.15) is 25.1 Å². The maximum atomic E-state index is 6.21. The van der Waals surface area contributed by atoms with Crippen LogP contribution < -0.4 is 5.73 Å². The standard InChI is InChI=1S/C16H24N6OS.ClH/c17-15-14-16(19-12(18-15)10-21-4-2-1-3-5-21)24-11-13(20-14)22-6-8-23-9-7-22;/h1-11H2,(H2,17,18,19);1H. The van der Waals surface area contributed by atoms with Crippen molar-refractivity contribution in [3.8, 4) is 0 Å². The van der Waals surface area contributed by atoms with Crippen LogP contribution in [0, 0.1) is 0 Å². The van der Waals surface area contributed by atoms with E-state index in [2.05, 4.69) is 14.8 Å². The van der Waals surface area contributed by atoms with Crippen LogP contribution in [-0.2, 0) is 11.3 Å². The molecule has 138 valence electrons. The van der Waals surface area contributed by atoms with Gasteiger partial charge < -0.3 is 15.4 Å². The second-order valence-electron chi connectivity index (χ2n) is 6.43. The van der Waals surface area contributed by atoms with Gasteiger partial charge in [0.05, 0.1) is 25.5 Å². The summed E-state index contributed by atoms with van der Waals surface area (Å²) in [6, 6.07) is 0. The molecule has 0 unspecified atom stereocenters. The van der Waals surface area contributed by atoms with Gasteiger partial charge in [0.1, 0.15) is 22.4 Å². The number of thioether (sulfide) groups is 1. The fourth-order valence-electron chi connectivity index (χ4n) is 3.37. The zero-order valence-corrected chi connectivity index (χ0v) is 15.9. The molecule has 2 fully saturated rings. The Balaban J connectivity index is 0.00000182. The molecule has 0 spiro atoms. The van der Waals surface area contributed by atoms with Crippen LogP contribution in [0.2, 0.25) is 0 Å². The van der Waals surface area contributed by atoms with Crippen molar-refractivity contribution in [1.82, 2.24) is 19.8 Å². The predicted octanol–water partition coefficient (Wildman–Crippen LogP) is 1.93. The van der Waals surface area contributed by atoms with E-state index in [9.17, 15) is 0 Å². The predicted molar refractivity (Wildman–Crippen MR) is 103 cm³/mol. The molecular formula is C16H25ClN6OS. The molecule has 9 heteroatoms. The third-order valence-electron chi connectivity index (χ3n) is 4.69. The highest BCUT2D eigenvalue weighted by Crippen LogP contribution is 2.36. The number of amidine groups is 1. The number of morpholine rings is 1. The van der Waals surface area contributed by atoms with Crippen LogP contribution in [0.4, 0.5) is 11.5 Å². The lowest BCUT2D eigenvalue weighted by Crippen LogP contribution is -2.42. The first-order valence-electron chi connectivity index (χ1n) is 8.71. The maximum Gasteiger partial charge on any atom is 0.154 e. The van der Waals surface area contributed by atoms with Gasteiger partial charge in [-0.2, -0.15) is 0 Å². The van der Waals surface area contributed by atoms with Crippen molar-refractivity contribution in [3.63, 3.8) is 0 Å². The molecule has 25 heavy (non-hydrogen) atoms. The third kappa shape index (κ3) is 4.36. The third-order valence-corrected chi connectivity index (χ3v) is 5.65. The van der Waals surface area contributed by atoms with Gasteiger partial charge in [-0.15, -0.1) is 12.4 Å². The first-order valence-corrected chi connectivity index (χ1v) is 9.70. The number of piperidine rings is 1. The van der Waals surface area contributed by atoms with Crippen LogP contribution >= 0.6 is 24.2 Å². The largest absolute Gasteiger partial charge is 0.382 e. The van der Waals surface area contributed by atoms with Gasteiger partial charge in [-0.05, 0) is 25.9 Å². The molecule has 3 aliphatic rings. The number of anilines is 1. The highest BCUT2D eigenvalue weighted by atomic mass is 35.5. The lowest BCUT2D eigenvalue weighted by Gasteiger charge is -2.31. The monoisotopic (exact) mass is 384 g/mol. The van der Waals surface area contributed by atoms with E-state index in [4.69, 9.17) is 20.4 Å². The van der Waals surface area contributed by atoms with Crippen LogP contribution in [-0.4, -0.2) is 70.7 Å². The molecule has 0 aromatic carbocycles. The molecule has 1 aromatic heterocycles. The molecule has 0 atom stereocenters. The van der Waals surface area contributed by atoms with E-state index in [-0.39, 0.29) is 12.4 Å². The molecule has 1 aromatic rings. The van der Waals surface area contributed by atoms with Crippen LogP contribution in [0.25, 0.3) is 0 Å². The Hall–Kier alpha value is -1.09. The minimum absolute atomic E-state index is 0. The van der Waals surface area contributed by atoms with E-state index in [0.717, 1.165) is 74.1 Å². The van der Waals surface area contributed by atoms with E-state index >= 15 is 0 Å². The quantitative estimate of drug-likeness (QED) is 0.780. The number of nitrogens with two attached hydrogens (primary N) is 1. The summed E-state index contributed by atoms with van der Waals surface area (Å²) in [5.74, 6) is 3.23. The second-order valence-corrected chi connectivity index (χ2v) is 7.40. The molecule has 0 bridgehead atoms. The van der Waals surface area contributed by atoms with Crippen molar-refractivity contribution in [2.45, 2.75) is 30.8 Å². The summed E-state index contributed by atoms with van der Waals surface area (Å²) < 4.78 is 5.41. The number of nitrogen functional groups attached to an aromatic ring is 1. The molecule has 3 aliphatic heterocycles. The average Bonchev–Trinajstić information content (AvgIpc) is 2.63. The van der Waals surface area contributed by atoms with Crippen molar-refractivity contribution in [1.29, 1.82) is 0 Å². The first kappa shape index (κ1) is 18.7. The van der Waals surface area contributed by atoms with E-state index in [1.54, 1.807) is 11.8 Å². The minimum atomic E-state index is 0. The van der Waals surface area contributed by atoms with Gasteiger partial charge in [0.25, 0.3) is 0 Å². The number of ether oxygens (including phenoxy) is 1. The topological polar surface area (TPSA) is 79.9 Å². The van der Waals surface area contributed by atoms with Gasteiger partial charge in [-0.25, -0.2) is 15.0 Å². The molecule has 0 aliphatic carbocycles. The molecule has 2 saturated heterocycles. The molecule has 7 nitrogen and oxygen atoms in total. The Bertz CT molecular complexity index is 631. The Labute approximate surface area is 158 Å². The summed E-state index contributed by atoms with van der Waals surface area (Å²) in [5.41, 5.74) is 6.95. The highest BCUT2D eigenvalue weighted by Gasteiger charge is 2.24. The molecule has 2 N–H and O–H groups in total. The van der Waals surface area contributed by atoms with Crippen molar-refractivity contribution in [2.24, 2.45) is 4.99 Å². The van der Waals surface area contributed by atoms with Crippen LogP contribution in [0.15, 0.2) is 10.0 Å². The normalized spacial score (nSPS) is 21.3. The van der Waals surface area contributed by atoms with Crippen molar-refractivity contribution in [2.75, 3.05) is 50.9 Å². The Kier molecular flexibility index (Phi) is 6.38. The summed E-state index contributed by atoms with van der Waals surface area (Å²) in [6.45, 7) is 6.36. The van der Waals surface area contributed by atoms with E-state index < -0.39 is 0 Å². The van der Waals surface area contributed by atoms with Crippen molar-refractivity contribution in [3.05, 3.63) is 5.82 Å². The summed E-state index contributed by atoms with van der Waals surface area (Å²) >= 11 is 1.72. The fraction of sp³-hybridized carbons (Fsp3) is 0.688. The summed E-state index contributed by atoms with van der Waals surface area (Å²) in [7, 11) is 0. The molecular weight excluding hydrogens is 360 g/mol. The van der Waals surface area contributed by atoms with Crippen LogP contribution in [0.3, 0.4) is 0 Å². The zero-order chi connectivity index (χ0) is 16.4. The lowest BCUT2D eigenvalue weighted by molar-refractivity contribution is 0.0679. The number of hydrogen-bond acceptors (Lipinski definition) is 8. The summed E-state index contributed by atoms with van der Waals surface area (Å²) in [6.07, 6.45) is 3.86. The molecule has 4 rings (SSSR count). The van der Waals surface area contributed by atoms with E-state index in [1.807, 2.05) is 0 Å². The second kappa shape index (κ2) is 8.53. The number of likely N-dealkylation sites (tertiary alicyclic amines) is 1. The number of nitrogens with zero attached hydrogens (tertiary/aromatic N) is 5. The number of halogens is 1. The van der Waals surface area contributed by atoms with Gasteiger partial charge >= 0.3 is 0 Å². The molecule has 0 saturated carbocycles. The van der Waals surface area contributed by atoms with Crippen molar-refractivity contribution < 1.29 is 4.74 Å². The summed E-state index contributed by atoms with van der Waals surface area (Å²) in [4.78, 5) is 18.7. The Morgan fingerprint density at radius 2 is 1.80 bits per heavy atom. The van der Waals surface area contributed by atoms with E-state index in [1.165, 1.54) is 19.3 Å². The average molecular weight is 385 g/mol. The molecule has 0 radical (unpaired) electrons. The van der Waals surface area contributed by atoms with Gasteiger partial charge in [-0.3, -0.25) is 4.90 Å². The number of aromatic nitrogens is 2. The molecule has 4 heterocycles. The SMILES string of the molecule is Cl.Nc1nc(CN2CCCCC2)nc2c1N=C(N1CCOCC1)CS2. The number of fused-ring (bicyclic) bond motifs is 1. The highest BCUT2D eigenvalue weighted by molar-refractivity contribution is 8.00. The van der Waals surface area contributed by atoms with E-state index in [0.29, 0.717) is 5.82 Å². The minimum Gasteiger partial charge on any atom is -0.382 e. The number of aliphatic imine (C=N–C) groups is 1. The van der Waals surface area contributed by atoms with Gasteiger partial charge in [0, 0.05) is 13.1 Å². The maximum absolute atomic E-state index is 6.21.